The van der Waals surface area contributed by atoms with E-state index in [0.29, 0.717) is 18.8 Å². The zero-order valence-corrected chi connectivity index (χ0v) is 15.1. The lowest BCUT2D eigenvalue weighted by Crippen LogP contribution is -2.39. The molecule has 0 saturated carbocycles. The van der Waals surface area contributed by atoms with Gasteiger partial charge >= 0.3 is 0 Å². The highest BCUT2D eigenvalue weighted by Gasteiger charge is 2.20. The number of rotatable bonds is 9. The molecule has 0 bridgehead atoms. The van der Waals surface area contributed by atoms with Crippen molar-refractivity contribution in [2.75, 3.05) is 13.1 Å². The average Bonchev–Trinajstić information content (AvgIpc) is 2.73. The van der Waals surface area contributed by atoms with Crippen LogP contribution in [0.2, 0.25) is 0 Å². The summed E-state index contributed by atoms with van der Waals surface area (Å²) in [5.74, 6) is -0.0798. The van der Waals surface area contributed by atoms with Gasteiger partial charge in [-0.25, -0.2) is 0 Å². The second-order valence-electron chi connectivity index (χ2n) is 6.16. The first-order valence-corrected chi connectivity index (χ1v) is 9.03. The highest BCUT2D eigenvalue weighted by Crippen LogP contribution is 2.10. The summed E-state index contributed by atoms with van der Waals surface area (Å²) in [5, 5.41) is 6.32. The van der Waals surface area contributed by atoms with Crippen molar-refractivity contribution in [2.24, 2.45) is 0 Å². The molecular weight excluding hydrogens is 338 g/mol. The van der Waals surface area contributed by atoms with E-state index in [-0.39, 0.29) is 5.91 Å². The Morgan fingerprint density at radius 3 is 2.15 bits per heavy atom. The smallest absolute Gasteiger partial charge is 0.243 e. The third-order valence-electron chi connectivity index (χ3n) is 4.17. The monoisotopic (exact) mass is 361 g/mol. The first kappa shape index (κ1) is 18.7. The Morgan fingerprint density at radius 1 is 0.852 bits per heavy atom. The molecule has 3 heterocycles. The van der Waals surface area contributed by atoms with Gasteiger partial charge in [0, 0.05) is 44.1 Å². The number of nitrogens with one attached hydrogen (secondary N) is 2. The van der Waals surface area contributed by atoms with Gasteiger partial charge in [-0.05, 0) is 48.2 Å². The van der Waals surface area contributed by atoms with Gasteiger partial charge in [0.15, 0.2) is 0 Å². The molecule has 138 valence electrons. The van der Waals surface area contributed by atoms with Crippen molar-refractivity contribution < 1.29 is 4.79 Å². The molecule has 0 aliphatic heterocycles. The Bertz CT molecular complexity index is 812. The minimum atomic E-state index is -0.489. The molecule has 0 saturated heterocycles. The van der Waals surface area contributed by atoms with Crippen LogP contribution >= 0.6 is 0 Å². The van der Waals surface area contributed by atoms with Gasteiger partial charge < -0.3 is 10.6 Å². The lowest BCUT2D eigenvalue weighted by atomic mass is 10.1. The van der Waals surface area contributed by atoms with Crippen LogP contribution in [-0.4, -0.2) is 33.9 Å². The first-order valence-electron chi connectivity index (χ1n) is 9.03. The van der Waals surface area contributed by atoms with E-state index >= 15 is 0 Å². The largest absolute Gasteiger partial charge is 0.354 e. The number of pyridine rings is 3. The van der Waals surface area contributed by atoms with Crippen LogP contribution in [0.5, 0.6) is 0 Å². The molecule has 1 atom stereocenters. The summed E-state index contributed by atoms with van der Waals surface area (Å²) in [7, 11) is 0. The molecule has 2 N–H and O–H groups in total. The molecule has 3 aromatic heterocycles. The maximum absolute atomic E-state index is 12.7. The zero-order valence-electron chi connectivity index (χ0n) is 15.1. The second-order valence-corrected chi connectivity index (χ2v) is 6.16. The molecule has 6 nitrogen and oxygen atoms in total. The van der Waals surface area contributed by atoms with E-state index in [9.17, 15) is 4.79 Å². The molecule has 6 heteroatoms. The number of amides is 1. The van der Waals surface area contributed by atoms with E-state index in [2.05, 4.69) is 25.6 Å². The third-order valence-corrected chi connectivity index (χ3v) is 4.17. The maximum atomic E-state index is 12.7. The number of hydrogen-bond acceptors (Lipinski definition) is 5. The Morgan fingerprint density at radius 2 is 1.56 bits per heavy atom. The highest BCUT2D eigenvalue weighted by atomic mass is 16.2. The third kappa shape index (κ3) is 5.97. The molecule has 3 aromatic rings. The van der Waals surface area contributed by atoms with Crippen LogP contribution in [0.25, 0.3) is 0 Å². The lowest BCUT2D eigenvalue weighted by Gasteiger charge is -2.18. The molecule has 1 amide bonds. The molecule has 0 fully saturated rings. The van der Waals surface area contributed by atoms with E-state index in [1.165, 1.54) is 0 Å². The summed E-state index contributed by atoms with van der Waals surface area (Å²) in [6.45, 7) is 1.21. The quantitative estimate of drug-likeness (QED) is 0.610. The fourth-order valence-electron chi connectivity index (χ4n) is 2.76. The van der Waals surface area contributed by atoms with Crippen LogP contribution in [0, 0.1) is 0 Å². The predicted molar refractivity (Wildman–Crippen MR) is 104 cm³/mol. The van der Waals surface area contributed by atoms with Crippen molar-refractivity contribution in [3.05, 3.63) is 90.3 Å². The van der Waals surface area contributed by atoms with Gasteiger partial charge in [0.05, 0.1) is 5.69 Å². The summed E-state index contributed by atoms with van der Waals surface area (Å²) >= 11 is 0. The van der Waals surface area contributed by atoms with E-state index in [1.54, 1.807) is 18.6 Å². The summed E-state index contributed by atoms with van der Waals surface area (Å²) < 4.78 is 0. The first-order chi connectivity index (χ1) is 13.3. The van der Waals surface area contributed by atoms with Crippen LogP contribution in [-0.2, 0) is 17.6 Å². The number of aromatic nitrogens is 3. The SMILES string of the molecule is O=C(NCCc1cccnc1)C(NCCc1cccnc1)c1ccccn1. The summed E-state index contributed by atoms with van der Waals surface area (Å²) in [5.41, 5.74) is 2.93. The minimum Gasteiger partial charge on any atom is -0.354 e. The molecule has 27 heavy (non-hydrogen) atoms. The number of hydrogen-bond donors (Lipinski definition) is 2. The summed E-state index contributed by atoms with van der Waals surface area (Å²) in [6.07, 6.45) is 10.4. The van der Waals surface area contributed by atoms with Crippen molar-refractivity contribution in [1.29, 1.82) is 0 Å². The van der Waals surface area contributed by atoms with Crippen molar-refractivity contribution in [3.63, 3.8) is 0 Å². The van der Waals surface area contributed by atoms with E-state index in [4.69, 9.17) is 0 Å². The van der Waals surface area contributed by atoms with Crippen molar-refractivity contribution in [1.82, 2.24) is 25.6 Å². The van der Waals surface area contributed by atoms with Crippen molar-refractivity contribution in [2.45, 2.75) is 18.9 Å². The van der Waals surface area contributed by atoms with Gasteiger partial charge in [0.25, 0.3) is 0 Å². The molecule has 1 unspecified atom stereocenters. The molecule has 0 aromatic carbocycles. The lowest BCUT2D eigenvalue weighted by molar-refractivity contribution is -0.123. The number of carbonyl (C=O) groups excluding carboxylic acids is 1. The number of carbonyl (C=O) groups is 1. The zero-order chi connectivity index (χ0) is 18.7. The van der Waals surface area contributed by atoms with Gasteiger partial charge in [-0.3, -0.25) is 19.7 Å². The van der Waals surface area contributed by atoms with Crippen molar-refractivity contribution in [3.8, 4) is 0 Å². The Hall–Kier alpha value is -3.12. The van der Waals surface area contributed by atoms with Crippen LogP contribution in [0.15, 0.2) is 73.4 Å². The van der Waals surface area contributed by atoms with Gasteiger partial charge in [0.2, 0.25) is 5.91 Å². The molecule has 0 spiro atoms. The molecule has 0 radical (unpaired) electrons. The predicted octanol–water partition coefficient (Wildman–Crippen LogP) is 2.10. The summed E-state index contributed by atoms with van der Waals surface area (Å²) in [4.78, 5) is 25.3. The highest BCUT2D eigenvalue weighted by molar-refractivity contribution is 5.82. The molecule has 0 aliphatic carbocycles. The van der Waals surface area contributed by atoms with Crippen LogP contribution in [0.4, 0.5) is 0 Å². The Labute approximate surface area is 159 Å². The van der Waals surface area contributed by atoms with Crippen LogP contribution in [0.1, 0.15) is 22.9 Å². The van der Waals surface area contributed by atoms with Gasteiger partial charge in [-0.1, -0.05) is 18.2 Å². The Balaban J connectivity index is 1.56. The second kappa shape index (κ2) is 10.1. The van der Waals surface area contributed by atoms with E-state index < -0.39 is 6.04 Å². The van der Waals surface area contributed by atoms with Crippen LogP contribution in [0.3, 0.4) is 0 Å². The summed E-state index contributed by atoms with van der Waals surface area (Å²) in [6, 6.07) is 12.9. The van der Waals surface area contributed by atoms with E-state index in [1.807, 2.05) is 54.9 Å². The van der Waals surface area contributed by atoms with E-state index in [0.717, 1.165) is 24.0 Å². The fraction of sp³-hybridized carbons (Fsp3) is 0.238. The molecular formula is C21H23N5O. The number of nitrogens with zero attached hydrogens (tertiary/aromatic N) is 3. The normalized spacial score (nSPS) is 11.7. The van der Waals surface area contributed by atoms with Crippen LogP contribution < -0.4 is 10.6 Å². The maximum Gasteiger partial charge on any atom is 0.243 e. The molecule has 0 aliphatic rings. The van der Waals surface area contributed by atoms with Gasteiger partial charge in [0.1, 0.15) is 6.04 Å². The van der Waals surface area contributed by atoms with Gasteiger partial charge in [-0.15, -0.1) is 0 Å². The minimum absolute atomic E-state index is 0.0798. The average molecular weight is 361 g/mol. The Kier molecular flexibility index (Phi) is 7.00. The molecule has 3 rings (SSSR count). The standard InChI is InChI=1S/C21H23N5O/c27-21(26-14-9-18-6-4-11-23-16-18)20(19-7-1-2-12-24-19)25-13-8-17-5-3-10-22-15-17/h1-7,10-12,15-16,20,25H,8-9,13-14H2,(H,26,27). The van der Waals surface area contributed by atoms with Gasteiger partial charge in [-0.2, -0.15) is 0 Å². The fourth-order valence-corrected chi connectivity index (χ4v) is 2.76. The van der Waals surface area contributed by atoms with Crippen molar-refractivity contribution >= 4 is 5.91 Å². The topological polar surface area (TPSA) is 79.8 Å².